The van der Waals surface area contributed by atoms with Crippen molar-refractivity contribution in [3.63, 3.8) is 0 Å². The van der Waals surface area contributed by atoms with Gasteiger partial charge in [-0.25, -0.2) is 4.98 Å². The SMILES string of the molecule is CC(C)(C)c1ccc(-c2nc3c(N4CCN(Cc5ccc6[nH]c(=O)c(=O)n(CCN7CCCCC7)c6c5)CC4)cccc3[nH]2)cc1. The van der Waals surface area contributed by atoms with Crippen LogP contribution < -0.4 is 16.0 Å². The predicted octanol–water partition coefficient (Wildman–Crippen LogP) is 5.34. The molecule has 9 heteroatoms. The topological polar surface area (TPSA) is 93.3 Å². The molecule has 0 unspecified atom stereocenters. The van der Waals surface area contributed by atoms with Crippen LogP contribution >= 0.6 is 0 Å². The predicted molar refractivity (Wildman–Crippen MR) is 187 cm³/mol. The average molecular weight is 620 g/mol. The van der Waals surface area contributed by atoms with Gasteiger partial charge in [0, 0.05) is 51.4 Å². The molecule has 5 aromatic rings. The van der Waals surface area contributed by atoms with E-state index in [1.54, 1.807) is 4.57 Å². The first-order chi connectivity index (χ1) is 22.2. The van der Waals surface area contributed by atoms with Gasteiger partial charge in [-0.1, -0.05) is 63.6 Å². The molecule has 0 bridgehead atoms. The molecule has 4 heterocycles. The lowest BCUT2D eigenvalue weighted by Crippen LogP contribution is -2.46. The van der Waals surface area contributed by atoms with E-state index in [4.69, 9.17) is 4.98 Å². The number of fused-ring (bicyclic) bond motifs is 2. The molecule has 0 spiro atoms. The number of aromatic amines is 2. The van der Waals surface area contributed by atoms with Gasteiger partial charge in [-0.05, 0) is 66.7 Å². The zero-order valence-corrected chi connectivity index (χ0v) is 27.3. The highest BCUT2D eigenvalue weighted by Crippen LogP contribution is 2.31. The van der Waals surface area contributed by atoms with Crippen LogP contribution in [0.25, 0.3) is 33.5 Å². The average Bonchev–Trinajstić information content (AvgIpc) is 3.51. The first kappa shape index (κ1) is 30.4. The number of anilines is 1. The second kappa shape index (κ2) is 12.5. The maximum atomic E-state index is 12.9. The summed E-state index contributed by atoms with van der Waals surface area (Å²) in [7, 11) is 0. The summed E-state index contributed by atoms with van der Waals surface area (Å²) in [6, 6.07) is 21.2. The van der Waals surface area contributed by atoms with Crippen molar-refractivity contribution in [1.82, 2.24) is 29.3 Å². The van der Waals surface area contributed by atoms with Crippen LogP contribution in [0.15, 0.2) is 70.3 Å². The number of likely N-dealkylation sites (tertiary alicyclic amines) is 1. The molecule has 2 aliphatic rings. The van der Waals surface area contributed by atoms with Crippen molar-refractivity contribution in [2.24, 2.45) is 0 Å². The standard InChI is InChI=1S/C37H45N7O2/c1-37(2,3)28-13-11-27(12-14-28)34-38-30-8-7-9-31(33(30)40-34)43-21-18-42(19-22-43)25-26-10-15-29-32(24-26)44(36(46)35(45)39-29)23-20-41-16-5-4-6-17-41/h7-15,24H,4-6,16-23,25H2,1-3H3,(H,38,40)(H,39,45). The number of nitrogens with one attached hydrogen (secondary N) is 2. The molecule has 2 N–H and O–H groups in total. The number of para-hydroxylation sites is 1. The molecule has 0 aliphatic carbocycles. The van der Waals surface area contributed by atoms with Gasteiger partial charge in [-0.15, -0.1) is 0 Å². The van der Waals surface area contributed by atoms with E-state index in [1.807, 2.05) is 6.07 Å². The summed E-state index contributed by atoms with van der Waals surface area (Å²) >= 11 is 0. The first-order valence-corrected chi connectivity index (χ1v) is 16.8. The van der Waals surface area contributed by atoms with Crippen LogP contribution in [0.2, 0.25) is 0 Å². The van der Waals surface area contributed by atoms with E-state index in [2.05, 4.69) is 100 Å². The van der Waals surface area contributed by atoms with E-state index in [0.29, 0.717) is 12.1 Å². The molecule has 2 aliphatic heterocycles. The fourth-order valence-corrected chi connectivity index (χ4v) is 7.00. The van der Waals surface area contributed by atoms with Gasteiger partial charge in [-0.3, -0.25) is 14.5 Å². The van der Waals surface area contributed by atoms with Crippen molar-refractivity contribution < 1.29 is 0 Å². The van der Waals surface area contributed by atoms with E-state index >= 15 is 0 Å². The lowest BCUT2D eigenvalue weighted by Gasteiger charge is -2.36. The molecule has 3 aromatic carbocycles. The number of piperidine rings is 1. The fourth-order valence-electron chi connectivity index (χ4n) is 7.00. The van der Waals surface area contributed by atoms with E-state index in [9.17, 15) is 9.59 Å². The third kappa shape index (κ3) is 6.26. The molecule has 2 fully saturated rings. The van der Waals surface area contributed by atoms with Crippen molar-refractivity contribution in [2.75, 3.05) is 50.7 Å². The van der Waals surface area contributed by atoms with Gasteiger partial charge in [0.05, 0.1) is 22.2 Å². The number of hydrogen-bond acceptors (Lipinski definition) is 6. The Morgan fingerprint density at radius 2 is 1.52 bits per heavy atom. The molecule has 0 amide bonds. The largest absolute Gasteiger partial charge is 0.367 e. The van der Waals surface area contributed by atoms with E-state index in [0.717, 1.165) is 85.9 Å². The maximum Gasteiger partial charge on any atom is 0.316 e. The molecule has 7 rings (SSSR count). The van der Waals surface area contributed by atoms with Crippen LogP contribution in [-0.2, 0) is 18.5 Å². The highest BCUT2D eigenvalue weighted by Gasteiger charge is 2.21. The number of nitrogens with zero attached hydrogens (tertiary/aromatic N) is 5. The summed E-state index contributed by atoms with van der Waals surface area (Å²) in [6.07, 6.45) is 3.67. The van der Waals surface area contributed by atoms with Gasteiger partial charge in [0.25, 0.3) is 0 Å². The number of hydrogen-bond donors (Lipinski definition) is 2. The third-order valence-electron chi connectivity index (χ3n) is 9.76. The summed E-state index contributed by atoms with van der Waals surface area (Å²) in [6.45, 7) is 14.6. The minimum Gasteiger partial charge on any atom is -0.367 e. The molecule has 9 nitrogen and oxygen atoms in total. The monoisotopic (exact) mass is 619 g/mol. The van der Waals surface area contributed by atoms with Crippen LogP contribution in [0, 0.1) is 0 Å². The van der Waals surface area contributed by atoms with Crippen LogP contribution in [-0.4, -0.2) is 75.1 Å². The van der Waals surface area contributed by atoms with Crippen LogP contribution in [0.4, 0.5) is 5.69 Å². The second-order valence-electron chi connectivity index (χ2n) is 14.0. The lowest BCUT2D eigenvalue weighted by atomic mass is 9.87. The lowest BCUT2D eigenvalue weighted by molar-refractivity contribution is 0.221. The van der Waals surface area contributed by atoms with Crippen molar-refractivity contribution in [3.8, 4) is 11.4 Å². The zero-order chi connectivity index (χ0) is 31.8. The molecule has 2 saturated heterocycles. The Balaban J connectivity index is 1.05. The number of aromatic nitrogens is 4. The number of benzene rings is 3. The summed E-state index contributed by atoms with van der Waals surface area (Å²) in [5, 5.41) is 0. The van der Waals surface area contributed by atoms with Crippen molar-refractivity contribution in [2.45, 2.75) is 58.5 Å². The normalized spacial score (nSPS) is 16.9. The van der Waals surface area contributed by atoms with Crippen LogP contribution in [0.1, 0.15) is 51.2 Å². The number of rotatable bonds is 7. The Morgan fingerprint density at radius 3 is 2.26 bits per heavy atom. The van der Waals surface area contributed by atoms with Gasteiger partial charge < -0.3 is 24.3 Å². The summed E-state index contributed by atoms with van der Waals surface area (Å²) in [5.74, 6) is 0.897. The Morgan fingerprint density at radius 1 is 0.761 bits per heavy atom. The first-order valence-electron chi connectivity index (χ1n) is 16.8. The van der Waals surface area contributed by atoms with Crippen molar-refractivity contribution in [1.29, 1.82) is 0 Å². The van der Waals surface area contributed by atoms with Crippen molar-refractivity contribution >= 4 is 27.8 Å². The Bertz CT molecular complexity index is 1950. The van der Waals surface area contributed by atoms with Gasteiger partial charge >= 0.3 is 11.1 Å². The quantitative estimate of drug-likeness (QED) is 0.239. The van der Waals surface area contributed by atoms with Crippen molar-refractivity contribution in [3.05, 3.63) is 92.5 Å². The van der Waals surface area contributed by atoms with Crippen LogP contribution in [0.3, 0.4) is 0 Å². The zero-order valence-electron chi connectivity index (χ0n) is 27.3. The minimum absolute atomic E-state index is 0.116. The summed E-state index contributed by atoms with van der Waals surface area (Å²) < 4.78 is 1.68. The van der Waals surface area contributed by atoms with Gasteiger partial charge in [-0.2, -0.15) is 0 Å². The van der Waals surface area contributed by atoms with E-state index in [-0.39, 0.29) is 5.41 Å². The molecule has 0 atom stereocenters. The Labute approximate surface area is 269 Å². The van der Waals surface area contributed by atoms with Gasteiger partial charge in [0.1, 0.15) is 11.3 Å². The Hall–Kier alpha value is -4.21. The van der Waals surface area contributed by atoms with E-state index < -0.39 is 11.1 Å². The summed E-state index contributed by atoms with van der Waals surface area (Å²) in [5.41, 5.74) is 7.41. The molecule has 0 saturated carbocycles. The smallest absolute Gasteiger partial charge is 0.316 e. The molecule has 2 aromatic heterocycles. The third-order valence-corrected chi connectivity index (χ3v) is 9.76. The molecular weight excluding hydrogens is 574 g/mol. The van der Waals surface area contributed by atoms with E-state index in [1.165, 1.54) is 30.5 Å². The number of imidazole rings is 1. The molecule has 0 radical (unpaired) electrons. The van der Waals surface area contributed by atoms with Crippen LogP contribution in [0.5, 0.6) is 0 Å². The molecular formula is C37H45N7O2. The van der Waals surface area contributed by atoms with Gasteiger partial charge in [0.2, 0.25) is 0 Å². The molecule has 240 valence electrons. The minimum atomic E-state index is -0.549. The fraction of sp³-hybridized carbons (Fsp3) is 0.432. The Kier molecular flexibility index (Phi) is 8.29. The maximum absolute atomic E-state index is 12.9. The number of piperazine rings is 1. The highest BCUT2D eigenvalue weighted by atomic mass is 16.2. The van der Waals surface area contributed by atoms with Gasteiger partial charge in [0.15, 0.2) is 0 Å². The second-order valence-corrected chi connectivity index (χ2v) is 14.0. The highest BCUT2D eigenvalue weighted by molar-refractivity contribution is 5.91. The number of H-pyrrole nitrogens is 2. The molecule has 46 heavy (non-hydrogen) atoms. The summed E-state index contributed by atoms with van der Waals surface area (Å²) in [4.78, 5) is 44.1.